The van der Waals surface area contributed by atoms with E-state index < -0.39 is 0 Å². The number of aryl methyl sites for hydroxylation is 3. The molecule has 3 rings (SSSR count). The van der Waals surface area contributed by atoms with E-state index in [-0.39, 0.29) is 23.1 Å². The molecule has 0 radical (unpaired) electrons. The monoisotopic (exact) mass is 315 g/mol. The SMILES string of the molecule is CCn1ncnc1C(NC(=O)c1c(C)cc(C)[nH]c1=O)C1CC1. The zero-order valence-corrected chi connectivity index (χ0v) is 13.6. The van der Waals surface area contributed by atoms with Crippen LogP contribution in [0.15, 0.2) is 17.2 Å². The molecule has 7 heteroatoms. The molecule has 1 unspecified atom stereocenters. The van der Waals surface area contributed by atoms with Gasteiger partial charge in [0.2, 0.25) is 0 Å². The number of carbonyl (C=O) groups excluding carboxylic acids is 1. The average molecular weight is 315 g/mol. The second-order valence-electron chi connectivity index (χ2n) is 6.06. The summed E-state index contributed by atoms with van der Waals surface area (Å²) in [4.78, 5) is 31.8. The van der Waals surface area contributed by atoms with Gasteiger partial charge in [-0.15, -0.1) is 0 Å². The molecule has 0 aromatic carbocycles. The molecule has 1 amide bonds. The number of H-pyrrole nitrogens is 1. The molecule has 0 bridgehead atoms. The van der Waals surface area contributed by atoms with Crippen molar-refractivity contribution in [3.63, 3.8) is 0 Å². The number of nitrogens with one attached hydrogen (secondary N) is 2. The van der Waals surface area contributed by atoms with E-state index in [0.717, 1.165) is 24.4 Å². The highest BCUT2D eigenvalue weighted by molar-refractivity contribution is 5.95. The van der Waals surface area contributed by atoms with Gasteiger partial charge in [-0.05, 0) is 51.2 Å². The Morgan fingerprint density at radius 1 is 1.48 bits per heavy atom. The normalized spacial score (nSPS) is 15.4. The van der Waals surface area contributed by atoms with Crippen molar-refractivity contribution >= 4 is 5.91 Å². The van der Waals surface area contributed by atoms with Gasteiger partial charge in [-0.25, -0.2) is 9.67 Å². The van der Waals surface area contributed by atoms with Crippen LogP contribution in [0.3, 0.4) is 0 Å². The smallest absolute Gasteiger partial charge is 0.261 e. The van der Waals surface area contributed by atoms with Gasteiger partial charge in [0, 0.05) is 12.2 Å². The lowest BCUT2D eigenvalue weighted by Crippen LogP contribution is -2.36. The molecule has 1 aliphatic carbocycles. The zero-order valence-electron chi connectivity index (χ0n) is 13.6. The van der Waals surface area contributed by atoms with E-state index in [1.54, 1.807) is 24.6 Å². The molecule has 2 N–H and O–H groups in total. The molecular weight excluding hydrogens is 294 g/mol. The molecule has 2 aromatic rings. The Morgan fingerprint density at radius 2 is 2.22 bits per heavy atom. The molecule has 1 fully saturated rings. The number of amides is 1. The molecule has 2 heterocycles. The van der Waals surface area contributed by atoms with Crippen molar-refractivity contribution in [1.29, 1.82) is 0 Å². The van der Waals surface area contributed by atoms with Crippen molar-refractivity contribution in [3.05, 3.63) is 45.4 Å². The standard InChI is InChI=1S/C16H21N5O2/c1-4-21-14(17-8-18-21)13(11-5-6-11)20-16(23)12-9(2)7-10(3)19-15(12)22/h7-8,11,13H,4-6H2,1-3H3,(H,19,22)(H,20,23). The number of hydrogen-bond acceptors (Lipinski definition) is 4. The Labute approximate surface area is 134 Å². The summed E-state index contributed by atoms with van der Waals surface area (Å²) in [5, 5.41) is 7.17. The Bertz CT molecular complexity index is 788. The first-order chi connectivity index (χ1) is 11.0. The fourth-order valence-electron chi connectivity index (χ4n) is 2.93. The summed E-state index contributed by atoms with van der Waals surface area (Å²) in [6, 6.07) is 1.60. The van der Waals surface area contributed by atoms with Crippen LogP contribution >= 0.6 is 0 Å². The Morgan fingerprint density at radius 3 is 2.83 bits per heavy atom. The first-order valence-corrected chi connectivity index (χ1v) is 7.90. The Hall–Kier alpha value is -2.44. The first-order valence-electron chi connectivity index (χ1n) is 7.90. The van der Waals surface area contributed by atoms with Crippen LogP contribution in [0, 0.1) is 19.8 Å². The van der Waals surface area contributed by atoms with Crippen LogP contribution in [0.1, 0.15) is 53.2 Å². The molecule has 0 aliphatic heterocycles. The van der Waals surface area contributed by atoms with E-state index in [1.165, 1.54) is 6.33 Å². The van der Waals surface area contributed by atoms with E-state index >= 15 is 0 Å². The van der Waals surface area contributed by atoms with E-state index in [2.05, 4.69) is 20.4 Å². The zero-order chi connectivity index (χ0) is 16.6. The number of aromatic nitrogens is 4. The summed E-state index contributed by atoms with van der Waals surface area (Å²) in [6.07, 6.45) is 3.60. The van der Waals surface area contributed by atoms with Gasteiger partial charge < -0.3 is 10.3 Å². The van der Waals surface area contributed by atoms with Crippen molar-refractivity contribution < 1.29 is 4.79 Å². The molecule has 1 saturated carbocycles. The van der Waals surface area contributed by atoms with Gasteiger partial charge in [0.05, 0.1) is 6.04 Å². The van der Waals surface area contributed by atoms with Crippen molar-refractivity contribution in [1.82, 2.24) is 25.1 Å². The maximum atomic E-state index is 12.6. The number of rotatable bonds is 5. The van der Waals surface area contributed by atoms with Crippen molar-refractivity contribution in [2.24, 2.45) is 5.92 Å². The molecule has 7 nitrogen and oxygen atoms in total. The van der Waals surface area contributed by atoms with Crippen LogP contribution in [-0.4, -0.2) is 25.7 Å². The van der Waals surface area contributed by atoms with Gasteiger partial charge >= 0.3 is 0 Å². The Balaban J connectivity index is 1.90. The lowest BCUT2D eigenvalue weighted by molar-refractivity contribution is 0.0926. The predicted molar refractivity (Wildman–Crippen MR) is 85.2 cm³/mol. The third-order valence-electron chi connectivity index (χ3n) is 4.20. The van der Waals surface area contributed by atoms with Crippen LogP contribution < -0.4 is 10.9 Å². The third kappa shape index (κ3) is 3.04. The number of carbonyl (C=O) groups is 1. The average Bonchev–Trinajstić information content (AvgIpc) is 3.20. The van der Waals surface area contributed by atoms with Gasteiger partial charge in [0.15, 0.2) is 0 Å². The number of pyridine rings is 1. The molecule has 122 valence electrons. The van der Waals surface area contributed by atoms with Gasteiger partial charge in [0.25, 0.3) is 11.5 Å². The second kappa shape index (κ2) is 5.98. The minimum atomic E-state index is -0.355. The van der Waals surface area contributed by atoms with Crippen LogP contribution in [0.5, 0.6) is 0 Å². The highest BCUT2D eigenvalue weighted by Crippen LogP contribution is 2.40. The van der Waals surface area contributed by atoms with Crippen molar-refractivity contribution in [2.75, 3.05) is 0 Å². The minimum absolute atomic E-state index is 0.170. The number of nitrogens with zero attached hydrogens (tertiary/aromatic N) is 3. The quantitative estimate of drug-likeness (QED) is 0.874. The maximum absolute atomic E-state index is 12.6. The van der Waals surface area contributed by atoms with Gasteiger partial charge in [-0.2, -0.15) is 5.10 Å². The second-order valence-corrected chi connectivity index (χ2v) is 6.06. The summed E-state index contributed by atoms with van der Waals surface area (Å²) in [6.45, 7) is 6.25. The molecular formula is C16H21N5O2. The first kappa shape index (κ1) is 15.5. The highest BCUT2D eigenvalue weighted by Gasteiger charge is 2.37. The summed E-state index contributed by atoms with van der Waals surface area (Å²) in [7, 11) is 0. The topological polar surface area (TPSA) is 92.7 Å². The largest absolute Gasteiger partial charge is 0.342 e. The van der Waals surface area contributed by atoms with Crippen molar-refractivity contribution in [3.8, 4) is 0 Å². The van der Waals surface area contributed by atoms with Crippen molar-refractivity contribution in [2.45, 2.75) is 46.2 Å². The summed E-state index contributed by atoms with van der Waals surface area (Å²) in [5.41, 5.74) is 1.24. The fourth-order valence-corrected chi connectivity index (χ4v) is 2.93. The third-order valence-corrected chi connectivity index (χ3v) is 4.20. The summed E-state index contributed by atoms with van der Waals surface area (Å²) < 4.78 is 1.79. The van der Waals surface area contributed by atoms with E-state index in [1.807, 2.05) is 6.92 Å². The van der Waals surface area contributed by atoms with Crippen LogP contribution in [0.4, 0.5) is 0 Å². The lowest BCUT2D eigenvalue weighted by Gasteiger charge is -2.18. The molecule has 2 aromatic heterocycles. The van der Waals surface area contributed by atoms with E-state index in [9.17, 15) is 9.59 Å². The summed E-state index contributed by atoms with van der Waals surface area (Å²) >= 11 is 0. The van der Waals surface area contributed by atoms with Crippen LogP contribution in [0.25, 0.3) is 0 Å². The maximum Gasteiger partial charge on any atom is 0.261 e. The molecule has 1 atom stereocenters. The lowest BCUT2D eigenvalue weighted by atomic mass is 10.1. The van der Waals surface area contributed by atoms with Crippen LogP contribution in [0.2, 0.25) is 0 Å². The molecule has 1 aliphatic rings. The van der Waals surface area contributed by atoms with Gasteiger partial charge in [0.1, 0.15) is 17.7 Å². The molecule has 23 heavy (non-hydrogen) atoms. The predicted octanol–water partition coefficient (Wildman–Crippen LogP) is 1.48. The van der Waals surface area contributed by atoms with Gasteiger partial charge in [-0.3, -0.25) is 9.59 Å². The summed E-state index contributed by atoms with van der Waals surface area (Å²) in [5.74, 6) is 0.758. The molecule has 0 spiro atoms. The highest BCUT2D eigenvalue weighted by atomic mass is 16.2. The molecule has 0 saturated heterocycles. The van der Waals surface area contributed by atoms with E-state index in [4.69, 9.17) is 0 Å². The fraction of sp³-hybridized carbons (Fsp3) is 0.500. The van der Waals surface area contributed by atoms with Gasteiger partial charge in [-0.1, -0.05) is 0 Å². The number of aromatic amines is 1. The Kier molecular flexibility index (Phi) is 4.02. The van der Waals surface area contributed by atoms with Crippen LogP contribution in [-0.2, 0) is 6.54 Å². The number of hydrogen-bond donors (Lipinski definition) is 2. The van der Waals surface area contributed by atoms with E-state index in [0.29, 0.717) is 18.0 Å². The minimum Gasteiger partial charge on any atom is -0.342 e.